The molecule has 16 heteroatoms. The van der Waals surface area contributed by atoms with Gasteiger partial charge in [0, 0.05) is 24.4 Å². The van der Waals surface area contributed by atoms with Gasteiger partial charge < -0.3 is 47.8 Å². The normalized spacial score (nSPS) is 13.2. The van der Waals surface area contributed by atoms with Gasteiger partial charge in [0.2, 0.25) is 35.3 Å². The van der Waals surface area contributed by atoms with E-state index in [4.69, 9.17) is 11.5 Å². The van der Waals surface area contributed by atoms with E-state index in [1.54, 1.807) is 6.92 Å². The van der Waals surface area contributed by atoms with Crippen molar-refractivity contribution in [3.63, 3.8) is 0 Å². The van der Waals surface area contributed by atoms with Crippen LogP contribution in [0, 0.1) is 12.8 Å². The van der Waals surface area contributed by atoms with E-state index in [1.165, 1.54) is 24.6 Å². The first-order valence-corrected chi connectivity index (χ1v) is 19.9. The lowest BCUT2D eigenvalue weighted by Crippen LogP contribution is -2.56. The number of nitrogens with two attached hydrogens (primary N) is 2. The standard InChI is InChI=1S/C42H61N5O11/c1-5-6-7-8-9-10-11-13-27(48)22-37(55)46-30(23-36(44)54)42(58)47-29(16-17-35(43)53)41(57)45-26(18-24(2)3)21-33(51)28-19-25(4)20-34(52)38(28)40(56)39-31(49)14-12-15-32(39)50/h12,14-15,19-20,24,26-27,29-30,48-50,52H,5-11,13,16-18,21-23H2,1-4H3,(H2,43,53)(H2,44,54)(H,45,57)(H,46,55)(H,47,58)/t26-,27-,29+,30+/m1/s1. The number of carbonyl (C=O) groups excluding carboxylic acids is 7. The number of nitrogens with one attached hydrogen (secondary N) is 3. The van der Waals surface area contributed by atoms with Crippen molar-refractivity contribution in [3.8, 4) is 17.2 Å². The molecule has 0 heterocycles. The number of ketones is 2. The number of aryl methyl sites for hydroxylation is 1. The minimum Gasteiger partial charge on any atom is -0.507 e. The monoisotopic (exact) mass is 811 g/mol. The molecule has 0 saturated heterocycles. The van der Waals surface area contributed by atoms with Crippen molar-refractivity contribution >= 4 is 41.1 Å². The van der Waals surface area contributed by atoms with Gasteiger partial charge in [-0.15, -0.1) is 0 Å². The predicted molar refractivity (Wildman–Crippen MR) is 216 cm³/mol. The Bertz CT molecular complexity index is 1740. The van der Waals surface area contributed by atoms with Gasteiger partial charge in [-0.3, -0.25) is 33.6 Å². The summed E-state index contributed by atoms with van der Waals surface area (Å²) in [6.45, 7) is 7.36. The molecule has 0 aliphatic carbocycles. The lowest BCUT2D eigenvalue weighted by atomic mass is 9.89. The Labute approximate surface area is 339 Å². The maximum absolute atomic E-state index is 13.9. The van der Waals surface area contributed by atoms with E-state index in [2.05, 4.69) is 22.9 Å². The average Bonchev–Trinajstić information content (AvgIpc) is 3.11. The topological polar surface area (TPSA) is 289 Å². The highest BCUT2D eigenvalue weighted by atomic mass is 16.3. The zero-order valence-electron chi connectivity index (χ0n) is 34.0. The molecule has 0 bridgehead atoms. The highest BCUT2D eigenvalue weighted by molar-refractivity contribution is 6.19. The summed E-state index contributed by atoms with van der Waals surface area (Å²) in [5.74, 6) is -7.77. The number of primary amides is 2. The van der Waals surface area contributed by atoms with Crippen LogP contribution in [0.25, 0.3) is 0 Å². The van der Waals surface area contributed by atoms with E-state index in [0.717, 1.165) is 44.2 Å². The highest BCUT2D eigenvalue weighted by Crippen LogP contribution is 2.34. The van der Waals surface area contributed by atoms with Gasteiger partial charge >= 0.3 is 0 Å². The largest absolute Gasteiger partial charge is 0.507 e. The Balaban J connectivity index is 2.27. The number of unbranched alkanes of at least 4 members (excludes halogenated alkanes) is 6. The van der Waals surface area contributed by atoms with Crippen LogP contribution >= 0.6 is 0 Å². The van der Waals surface area contributed by atoms with E-state index in [0.29, 0.717) is 18.4 Å². The quantitative estimate of drug-likeness (QED) is 0.0465. The number of aliphatic hydroxyl groups excluding tert-OH is 1. The van der Waals surface area contributed by atoms with Crippen LogP contribution in [0.15, 0.2) is 30.3 Å². The first kappa shape index (κ1) is 48.6. The van der Waals surface area contributed by atoms with Crippen molar-refractivity contribution in [1.29, 1.82) is 0 Å². The first-order valence-electron chi connectivity index (χ1n) is 19.9. The third-order valence-corrected chi connectivity index (χ3v) is 9.50. The number of aliphatic hydroxyl groups is 1. The molecule has 0 saturated carbocycles. The fourth-order valence-corrected chi connectivity index (χ4v) is 6.65. The second-order valence-corrected chi connectivity index (χ2v) is 15.3. The van der Waals surface area contributed by atoms with Crippen LogP contribution in [0.4, 0.5) is 0 Å². The van der Waals surface area contributed by atoms with Gasteiger partial charge in [-0.2, -0.15) is 0 Å². The predicted octanol–water partition coefficient (Wildman–Crippen LogP) is 3.45. The third kappa shape index (κ3) is 16.5. The summed E-state index contributed by atoms with van der Waals surface area (Å²) in [4.78, 5) is 91.3. The van der Waals surface area contributed by atoms with E-state index in [9.17, 15) is 54.0 Å². The van der Waals surface area contributed by atoms with E-state index >= 15 is 0 Å². The van der Waals surface area contributed by atoms with Crippen LogP contribution in [0.1, 0.15) is 143 Å². The van der Waals surface area contributed by atoms with E-state index in [-0.39, 0.29) is 37.2 Å². The summed E-state index contributed by atoms with van der Waals surface area (Å²) in [6, 6.07) is 2.34. The van der Waals surface area contributed by atoms with Gasteiger partial charge in [0.05, 0.1) is 24.5 Å². The third-order valence-electron chi connectivity index (χ3n) is 9.50. The van der Waals surface area contributed by atoms with Crippen LogP contribution in [0.3, 0.4) is 0 Å². The molecule has 2 aromatic rings. The average molecular weight is 812 g/mol. The molecule has 16 nitrogen and oxygen atoms in total. The summed E-state index contributed by atoms with van der Waals surface area (Å²) >= 11 is 0. The highest BCUT2D eigenvalue weighted by Gasteiger charge is 2.32. The van der Waals surface area contributed by atoms with Gasteiger partial charge in [0.15, 0.2) is 5.78 Å². The molecule has 5 amide bonds. The number of carbonyl (C=O) groups is 7. The van der Waals surface area contributed by atoms with Crippen molar-refractivity contribution in [2.45, 2.75) is 142 Å². The van der Waals surface area contributed by atoms with Crippen molar-refractivity contribution in [3.05, 3.63) is 52.6 Å². The Hall–Kier alpha value is -5.51. The number of phenolic OH excluding ortho intramolecular Hbond substituents is 3. The minimum absolute atomic E-state index is 0.0988. The number of hydrogen-bond acceptors (Lipinski definition) is 11. The Morgan fingerprint density at radius 3 is 1.88 bits per heavy atom. The zero-order valence-corrected chi connectivity index (χ0v) is 34.0. The smallest absolute Gasteiger partial charge is 0.243 e. The zero-order chi connectivity index (χ0) is 43.5. The SMILES string of the molecule is CCCCCCCCC[C@@H](O)CC(=O)N[C@@H](CC(N)=O)C(=O)N[C@@H](CCC(N)=O)C(=O)N[C@@H](CC(=O)c1cc(C)cc(O)c1C(=O)c1c(O)cccc1O)CC(C)C. The van der Waals surface area contributed by atoms with Crippen LogP contribution in [-0.2, 0) is 24.0 Å². The van der Waals surface area contributed by atoms with Crippen molar-refractivity contribution in [1.82, 2.24) is 16.0 Å². The molecule has 0 aliphatic heterocycles. The summed E-state index contributed by atoms with van der Waals surface area (Å²) in [7, 11) is 0. The number of amides is 5. The summed E-state index contributed by atoms with van der Waals surface area (Å²) in [5.41, 5.74) is 9.91. The maximum Gasteiger partial charge on any atom is 0.243 e. The number of Topliss-reactive ketones (excluding diaryl/α,β-unsaturated/α-hetero) is 1. The van der Waals surface area contributed by atoms with E-state index in [1.807, 2.05) is 13.8 Å². The number of rotatable bonds is 27. The second-order valence-electron chi connectivity index (χ2n) is 15.3. The molecule has 320 valence electrons. The molecule has 0 aliphatic rings. The van der Waals surface area contributed by atoms with Crippen LogP contribution in [-0.4, -0.2) is 85.8 Å². The number of phenols is 3. The van der Waals surface area contributed by atoms with Gasteiger partial charge in [0.25, 0.3) is 0 Å². The summed E-state index contributed by atoms with van der Waals surface area (Å²) in [6.07, 6.45) is 4.75. The Kier molecular flexibility index (Phi) is 20.4. The number of benzene rings is 2. The fraction of sp³-hybridized carbons (Fsp3) is 0.548. The van der Waals surface area contributed by atoms with Crippen molar-refractivity contribution < 1.29 is 54.0 Å². The molecule has 0 unspecified atom stereocenters. The van der Waals surface area contributed by atoms with Gasteiger partial charge in [-0.25, -0.2) is 0 Å². The molecule has 0 spiro atoms. The second kappa shape index (κ2) is 24.3. The molecule has 4 atom stereocenters. The number of hydrogen-bond donors (Lipinski definition) is 9. The lowest BCUT2D eigenvalue weighted by molar-refractivity contribution is -0.134. The van der Waals surface area contributed by atoms with Crippen LogP contribution < -0.4 is 27.4 Å². The molecule has 11 N–H and O–H groups in total. The van der Waals surface area contributed by atoms with Crippen molar-refractivity contribution in [2.24, 2.45) is 17.4 Å². The van der Waals surface area contributed by atoms with Crippen molar-refractivity contribution in [2.75, 3.05) is 0 Å². The number of aromatic hydroxyl groups is 3. The van der Waals surface area contributed by atoms with Gasteiger partial charge in [-0.1, -0.05) is 71.8 Å². The lowest BCUT2D eigenvalue weighted by Gasteiger charge is -2.26. The molecule has 0 radical (unpaired) electrons. The maximum atomic E-state index is 13.9. The Morgan fingerprint density at radius 2 is 1.29 bits per heavy atom. The molecule has 2 rings (SSSR count). The molecular weight excluding hydrogens is 750 g/mol. The molecule has 0 aromatic heterocycles. The molecule has 0 fully saturated rings. The minimum atomic E-state index is -1.53. The van der Waals surface area contributed by atoms with Crippen LogP contribution in [0.5, 0.6) is 17.2 Å². The molecular formula is C42H61N5O11. The summed E-state index contributed by atoms with van der Waals surface area (Å²) < 4.78 is 0. The fourth-order valence-electron chi connectivity index (χ4n) is 6.65. The van der Waals surface area contributed by atoms with Crippen LogP contribution in [0.2, 0.25) is 0 Å². The first-order chi connectivity index (χ1) is 27.3. The van der Waals surface area contributed by atoms with E-state index < -0.39 is 107 Å². The van der Waals surface area contributed by atoms with Gasteiger partial charge in [-0.05, 0) is 61.9 Å². The molecule has 2 aromatic carbocycles. The Morgan fingerprint density at radius 1 is 0.690 bits per heavy atom. The molecule has 58 heavy (non-hydrogen) atoms. The summed E-state index contributed by atoms with van der Waals surface area (Å²) in [5, 5.41) is 49.6. The van der Waals surface area contributed by atoms with Gasteiger partial charge in [0.1, 0.15) is 34.9 Å².